The molecule has 0 aromatic heterocycles. The second kappa shape index (κ2) is 10.7. The Kier molecular flexibility index (Phi) is 7.97. The molecule has 1 aliphatic rings. The third kappa shape index (κ3) is 5.95. The van der Waals surface area contributed by atoms with Crippen LogP contribution in [0.15, 0.2) is 48.5 Å². The van der Waals surface area contributed by atoms with Crippen molar-refractivity contribution < 1.29 is 24.2 Å². The van der Waals surface area contributed by atoms with Gasteiger partial charge in [0, 0.05) is 19.0 Å². The normalized spacial score (nSPS) is 13.7. The predicted molar refractivity (Wildman–Crippen MR) is 130 cm³/mol. The molecule has 0 saturated heterocycles. The van der Waals surface area contributed by atoms with E-state index in [0.29, 0.717) is 6.42 Å². The number of amides is 2. The molecule has 3 N–H and O–H groups in total. The Morgan fingerprint density at radius 3 is 2.06 bits per heavy atom. The molecular formula is C27H34N2O5. The van der Waals surface area contributed by atoms with Gasteiger partial charge in [0.1, 0.15) is 6.61 Å². The predicted octanol–water partition coefficient (Wildman–Crippen LogP) is 4.41. The monoisotopic (exact) mass is 466 g/mol. The van der Waals surface area contributed by atoms with Crippen LogP contribution < -0.4 is 10.6 Å². The number of ether oxygens (including phenoxy) is 1. The van der Waals surface area contributed by atoms with E-state index in [-0.39, 0.29) is 37.4 Å². The SMILES string of the molecule is CC(C)CC(CNC(=O)OCC1c2ccccc2-c2ccccc21)C(=O)NCC(C)(C)C(=O)O. The molecule has 1 unspecified atom stereocenters. The Hall–Kier alpha value is -3.35. The zero-order chi connectivity index (χ0) is 24.9. The number of rotatable bonds is 10. The molecular weight excluding hydrogens is 432 g/mol. The summed E-state index contributed by atoms with van der Waals surface area (Å²) < 4.78 is 5.56. The quantitative estimate of drug-likeness (QED) is 0.481. The topological polar surface area (TPSA) is 105 Å². The molecule has 3 rings (SSSR count). The van der Waals surface area contributed by atoms with E-state index in [4.69, 9.17) is 4.74 Å². The molecule has 2 amide bonds. The van der Waals surface area contributed by atoms with Gasteiger partial charge in [0.05, 0.1) is 11.3 Å². The molecule has 0 radical (unpaired) electrons. The smallest absolute Gasteiger partial charge is 0.407 e. The fourth-order valence-corrected chi connectivity index (χ4v) is 4.24. The molecule has 7 heteroatoms. The number of hydrogen-bond acceptors (Lipinski definition) is 4. The molecule has 2 aromatic rings. The van der Waals surface area contributed by atoms with Crippen molar-refractivity contribution in [3.8, 4) is 11.1 Å². The maximum absolute atomic E-state index is 12.7. The fraction of sp³-hybridized carbons (Fsp3) is 0.444. The lowest BCUT2D eigenvalue weighted by Crippen LogP contribution is -2.44. The number of fused-ring (bicyclic) bond motifs is 3. The van der Waals surface area contributed by atoms with Crippen LogP contribution in [0, 0.1) is 17.3 Å². The number of carbonyl (C=O) groups excluding carboxylic acids is 2. The van der Waals surface area contributed by atoms with Gasteiger partial charge in [0.15, 0.2) is 0 Å². The zero-order valence-electron chi connectivity index (χ0n) is 20.3. The average Bonchev–Trinajstić information content (AvgIpc) is 3.12. The van der Waals surface area contributed by atoms with Crippen LogP contribution in [0.3, 0.4) is 0 Å². The Labute approximate surface area is 200 Å². The summed E-state index contributed by atoms with van der Waals surface area (Å²) in [5, 5.41) is 14.7. The molecule has 7 nitrogen and oxygen atoms in total. The Morgan fingerprint density at radius 1 is 0.971 bits per heavy atom. The van der Waals surface area contributed by atoms with Gasteiger partial charge in [-0.2, -0.15) is 0 Å². The van der Waals surface area contributed by atoms with E-state index in [2.05, 4.69) is 34.9 Å². The van der Waals surface area contributed by atoms with Crippen molar-refractivity contribution in [2.75, 3.05) is 19.7 Å². The van der Waals surface area contributed by atoms with Crippen LogP contribution in [-0.2, 0) is 14.3 Å². The standard InChI is InChI=1S/C27H34N2O5/c1-17(2)13-18(24(30)29-16-27(3,4)25(31)32)14-28-26(33)34-15-23-21-11-7-5-9-19(21)20-10-6-8-12-22(20)23/h5-12,17-18,23H,13-16H2,1-4H3,(H,28,33)(H,29,30)(H,31,32). The first kappa shape index (κ1) is 25.3. The Morgan fingerprint density at radius 2 is 1.53 bits per heavy atom. The van der Waals surface area contributed by atoms with Gasteiger partial charge in [-0.05, 0) is 48.4 Å². The molecule has 0 aliphatic heterocycles. The lowest BCUT2D eigenvalue weighted by Gasteiger charge is -2.23. The number of aliphatic carboxylic acids is 1. The van der Waals surface area contributed by atoms with Crippen molar-refractivity contribution in [1.82, 2.24) is 10.6 Å². The summed E-state index contributed by atoms with van der Waals surface area (Å²) in [6, 6.07) is 16.2. The van der Waals surface area contributed by atoms with Gasteiger partial charge in [-0.1, -0.05) is 62.4 Å². The van der Waals surface area contributed by atoms with Gasteiger partial charge in [0.2, 0.25) is 5.91 Å². The van der Waals surface area contributed by atoms with Crippen molar-refractivity contribution in [1.29, 1.82) is 0 Å². The minimum atomic E-state index is -1.07. The summed E-state index contributed by atoms with van der Waals surface area (Å²) in [5.74, 6) is -1.55. The average molecular weight is 467 g/mol. The van der Waals surface area contributed by atoms with E-state index in [1.54, 1.807) is 13.8 Å². The van der Waals surface area contributed by atoms with Gasteiger partial charge in [0.25, 0.3) is 0 Å². The lowest BCUT2D eigenvalue weighted by atomic mass is 9.92. The highest BCUT2D eigenvalue weighted by atomic mass is 16.5. The molecule has 1 atom stereocenters. The van der Waals surface area contributed by atoms with Gasteiger partial charge in [-0.25, -0.2) is 4.79 Å². The van der Waals surface area contributed by atoms with E-state index in [9.17, 15) is 19.5 Å². The Bertz CT molecular complexity index is 1000. The Balaban J connectivity index is 1.57. The first-order valence-corrected chi connectivity index (χ1v) is 11.7. The third-order valence-electron chi connectivity index (χ3n) is 6.25. The summed E-state index contributed by atoms with van der Waals surface area (Å²) in [6.07, 6.45) is -0.0162. The van der Waals surface area contributed by atoms with Crippen LogP contribution in [0.1, 0.15) is 51.2 Å². The van der Waals surface area contributed by atoms with E-state index in [1.807, 2.05) is 38.1 Å². The van der Waals surface area contributed by atoms with Crippen LogP contribution in [0.25, 0.3) is 11.1 Å². The zero-order valence-corrected chi connectivity index (χ0v) is 20.3. The maximum Gasteiger partial charge on any atom is 0.407 e. The number of hydrogen-bond donors (Lipinski definition) is 3. The van der Waals surface area contributed by atoms with Crippen molar-refractivity contribution >= 4 is 18.0 Å². The summed E-state index contributed by atoms with van der Waals surface area (Å²) in [7, 11) is 0. The third-order valence-corrected chi connectivity index (χ3v) is 6.25. The second-order valence-corrected chi connectivity index (χ2v) is 9.94. The lowest BCUT2D eigenvalue weighted by molar-refractivity contribution is -0.146. The number of alkyl carbamates (subject to hydrolysis) is 1. The number of carboxylic acids is 1. The molecule has 182 valence electrons. The van der Waals surface area contributed by atoms with Crippen LogP contribution in [-0.4, -0.2) is 42.8 Å². The summed E-state index contributed by atoms with van der Waals surface area (Å²) in [6.45, 7) is 7.44. The molecule has 0 spiro atoms. The van der Waals surface area contributed by atoms with Crippen LogP contribution in [0.4, 0.5) is 4.79 Å². The number of nitrogens with one attached hydrogen (secondary N) is 2. The van der Waals surface area contributed by atoms with E-state index < -0.39 is 23.4 Å². The molecule has 0 saturated carbocycles. The van der Waals surface area contributed by atoms with Crippen molar-refractivity contribution in [2.45, 2.75) is 40.0 Å². The molecule has 0 heterocycles. The number of carboxylic acid groups (broad SMARTS) is 1. The number of carbonyl (C=O) groups is 3. The molecule has 2 aromatic carbocycles. The van der Waals surface area contributed by atoms with Gasteiger partial charge in [-0.15, -0.1) is 0 Å². The maximum atomic E-state index is 12.7. The largest absolute Gasteiger partial charge is 0.481 e. The van der Waals surface area contributed by atoms with Gasteiger partial charge >= 0.3 is 12.1 Å². The summed E-state index contributed by atoms with van der Waals surface area (Å²) in [4.78, 5) is 36.5. The highest BCUT2D eigenvalue weighted by molar-refractivity contribution is 5.81. The first-order chi connectivity index (χ1) is 16.1. The number of benzene rings is 2. The minimum absolute atomic E-state index is 0.0146. The van der Waals surface area contributed by atoms with Crippen LogP contribution in [0.5, 0.6) is 0 Å². The highest BCUT2D eigenvalue weighted by Crippen LogP contribution is 2.44. The molecule has 0 fully saturated rings. The fourth-order valence-electron chi connectivity index (χ4n) is 4.24. The second-order valence-electron chi connectivity index (χ2n) is 9.94. The van der Waals surface area contributed by atoms with Gasteiger partial charge < -0.3 is 20.5 Å². The summed E-state index contributed by atoms with van der Waals surface area (Å²) in [5.41, 5.74) is 3.51. The van der Waals surface area contributed by atoms with E-state index in [1.165, 1.54) is 0 Å². The summed E-state index contributed by atoms with van der Waals surface area (Å²) >= 11 is 0. The molecule has 34 heavy (non-hydrogen) atoms. The van der Waals surface area contributed by atoms with Crippen LogP contribution in [0.2, 0.25) is 0 Å². The molecule has 0 bridgehead atoms. The highest BCUT2D eigenvalue weighted by Gasteiger charge is 2.31. The van der Waals surface area contributed by atoms with Crippen molar-refractivity contribution in [2.24, 2.45) is 17.3 Å². The van der Waals surface area contributed by atoms with Crippen molar-refractivity contribution in [3.63, 3.8) is 0 Å². The van der Waals surface area contributed by atoms with E-state index in [0.717, 1.165) is 22.3 Å². The minimum Gasteiger partial charge on any atom is -0.481 e. The van der Waals surface area contributed by atoms with Crippen LogP contribution >= 0.6 is 0 Å². The molecule has 1 aliphatic carbocycles. The van der Waals surface area contributed by atoms with E-state index >= 15 is 0 Å². The first-order valence-electron chi connectivity index (χ1n) is 11.7. The van der Waals surface area contributed by atoms with Gasteiger partial charge in [-0.3, -0.25) is 9.59 Å². The van der Waals surface area contributed by atoms with Crippen molar-refractivity contribution in [3.05, 3.63) is 59.7 Å².